The molecule has 0 unspecified atom stereocenters. The topological polar surface area (TPSA) is 40.6 Å². The third-order valence-corrected chi connectivity index (χ3v) is 4.31. The molecule has 0 spiro atoms. The summed E-state index contributed by atoms with van der Waals surface area (Å²) in [6.07, 6.45) is 0. The number of ether oxygens (including phenoxy) is 1. The van der Waals surface area contributed by atoms with Crippen LogP contribution in [0.25, 0.3) is 0 Å². The van der Waals surface area contributed by atoms with E-state index < -0.39 is 0 Å². The molecule has 6 heteroatoms. The molecule has 1 rings (SSSR count). The van der Waals surface area contributed by atoms with E-state index in [9.17, 15) is 0 Å². The summed E-state index contributed by atoms with van der Waals surface area (Å²) in [4.78, 5) is 10.4. The van der Waals surface area contributed by atoms with E-state index in [0.29, 0.717) is 12.5 Å². The van der Waals surface area contributed by atoms with Gasteiger partial charge in [-0.2, -0.15) is 0 Å². The van der Waals surface area contributed by atoms with Crippen molar-refractivity contribution in [1.29, 1.82) is 0 Å². The maximum Gasteiger partial charge on any atom is 0.185 e. The van der Waals surface area contributed by atoms with E-state index in [1.807, 2.05) is 0 Å². The van der Waals surface area contributed by atoms with Gasteiger partial charge in [-0.1, -0.05) is 13.8 Å². The van der Waals surface area contributed by atoms with Crippen molar-refractivity contribution in [2.24, 2.45) is 5.92 Å². The van der Waals surface area contributed by atoms with E-state index in [1.165, 1.54) is 4.88 Å². The van der Waals surface area contributed by atoms with E-state index >= 15 is 0 Å². The molecule has 0 saturated carbocycles. The van der Waals surface area contributed by atoms with Crippen molar-refractivity contribution in [3.8, 4) is 0 Å². The number of hydrogen-bond donors (Lipinski definition) is 1. The van der Waals surface area contributed by atoms with Gasteiger partial charge < -0.3 is 19.9 Å². The summed E-state index contributed by atoms with van der Waals surface area (Å²) in [5, 5.41) is 4.56. The Bertz CT molecular complexity index is 406. The molecule has 0 amide bonds. The number of hydrogen-bond acceptors (Lipinski definition) is 6. The Morgan fingerprint density at radius 2 is 1.95 bits per heavy atom. The number of methoxy groups -OCH3 is 1. The number of aromatic nitrogens is 1. The Balaban J connectivity index is 2.68. The SMILES string of the molecule is COCc1nc(N(C)CCN(C)C)sc1CNCC(C)C. The Kier molecular flexibility index (Phi) is 8.18. The maximum absolute atomic E-state index is 5.28. The highest BCUT2D eigenvalue weighted by Gasteiger charge is 2.14. The van der Waals surface area contributed by atoms with E-state index in [-0.39, 0.29) is 0 Å². The molecule has 122 valence electrons. The predicted octanol–water partition coefficient (Wildman–Crippen LogP) is 2.03. The minimum Gasteiger partial charge on any atom is -0.378 e. The van der Waals surface area contributed by atoms with E-state index in [4.69, 9.17) is 9.72 Å². The summed E-state index contributed by atoms with van der Waals surface area (Å²) < 4.78 is 5.28. The Labute approximate surface area is 133 Å². The first kappa shape index (κ1) is 18.4. The quantitative estimate of drug-likeness (QED) is 0.716. The lowest BCUT2D eigenvalue weighted by atomic mass is 10.2. The summed E-state index contributed by atoms with van der Waals surface area (Å²) in [5.41, 5.74) is 1.06. The largest absolute Gasteiger partial charge is 0.378 e. The van der Waals surface area contributed by atoms with Gasteiger partial charge in [-0.3, -0.25) is 0 Å². The lowest BCUT2D eigenvalue weighted by Gasteiger charge is -2.18. The zero-order chi connectivity index (χ0) is 15.8. The van der Waals surface area contributed by atoms with Gasteiger partial charge in [0.2, 0.25) is 0 Å². The van der Waals surface area contributed by atoms with Crippen molar-refractivity contribution in [3.05, 3.63) is 10.6 Å². The van der Waals surface area contributed by atoms with E-state index in [2.05, 4.69) is 50.1 Å². The van der Waals surface area contributed by atoms with Crippen LogP contribution >= 0.6 is 11.3 Å². The van der Waals surface area contributed by atoms with Gasteiger partial charge in [0.05, 0.1) is 12.3 Å². The molecule has 0 aromatic carbocycles. The molecular weight excluding hydrogens is 284 g/mol. The second-order valence-electron chi connectivity index (χ2n) is 6.05. The number of likely N-dealkylation sites (N-methyl/N-ethyl adjacent to an activating group) is 2. The smallest absolute Gasteiger partial charge is 0.185 e. The highest BCUT2D eigenvalue weighted by Crippen LogP contribution is 2.26. The fourth-order valence-electron chi connectivity index (χ4n) is 1.84. The van der Waals surface area contributed by atoms with Crippen molar-refractivity contribution in [1.82, 2.24) is 15.2 Å². The molecule has 1 heterocycles. The first-order chi connectivity index (χ1) is 9.93. The van der Waals surface area contributed by atoms with E-state index in [0.717, 1.165) is 37.0 Å². The number of anilines is 1. The lowest BCUT2D eigenvalue weighted by Crippen LogP contribution is -2.28. The van der Waals surface area contributed by atoms with E-state index in [1.54, 1.807) is 18.4 Å². The van der Waals surface area contributed by atoms with Crippen molar-refractivity contribution >= 4 is 16.5 Å². The second-order valence-corrected chi connectivity index (χ2v) is 7.11. The highest BCUT2D eigenvalue weighted by atomic mass is 32.1. The molecule has 1 aromatic heterocycles. The first-order valence-electron chi connectivity index (χ1n) is 7.48. The van der Waals surface area contributed by atoms with Crippen molar-refractivity contribution in [3.63, 3.8) is 0 Å². The minimum absolute atomic E-state index is 0.580. The van der Waals surface area contributed by atoms with Crippen LogP contribution in [0.5, 0.6) is 0 Å². The summed E-state index contributed by atoms with van der Waals surface area (Å²) in [5.74, 6) is 0.658. The Hall–Kier alpha value is -0.690. The number of rotatable bonds is 10. The summed E-state index contributed by atoms with van der Waals surface area (Å²) >= 11 is 1.76. The molecule has 0 aliphatic rings. The Morgan fingerprint density at radius 3 is 2.52 bits per heavy atom. The standard InChI is InChI=1S/C15H30N4OS/c1-12(2)9-16-10-14-13(11-20-6)17-15(21-14)19(5)8-7-18(3)4/h12,16H,7-11H2,1-6H3. The monoisotopic (exact) mass is 314 g/mol. The van der Waals surface area contributed by atoms with Gasteiger partial charge in [-0.15, -0.1) is 11.3 Å². The van der Waals surface area contributed by atoms with Crippen molar-refractivity contribution < 1.29 is 4.74 Å². The zero-order valence-electron chi connectivity index (χ0n) is 14.3. The summed E-state index contributed by atoms with van der Waals surface area (Å²) in [6, 6.07) is 0. The molecule has 0 radical (unpaired) electrons. The van der Waals surface area contributed by atoms with Gasteiger partial charge in [0.15, 0.2) is 5.13 Å². The fraction of sp³-hybridized carbons (Fsp3) is 0.800. The molecule has 0 atom stereocenters. The third kappa shape index (κ3) is 6.74. The van der Waals surface area contributed by atoms with Crippen LogP contribution in [0, 0.1) is 5.92 Å². The van der Waals surface area contributed by atoms with Crippen LogP contribution in [0.3, 0.4) is 0 Å². The second kappa shape index (κ2) is 9.35. The first-order valence-corrected chi connectivity index (χ1v) is 8.29. The lowest BCUT2D eigenvalue weighted by molar-refractivity contribution is 0.181. The molecule has 0 aliphatic heterocycles. The maximum atomic E-state index is 5.28. The molecular formula is C15H30N4OS. The summed E-state index contributed by atoms with van der Waals surface area (Å²) in [6.45, 7) is 8.91. The number of nitrogens with zero attached hydrogens (tertiary/aromatic N) is 3. The van der Waals surface area contributed by atoms with Gasteiger partial charge in [-0.05, 0) is 26.6 Å². The average Bonchev–Trinajstić information content (AvgIpc) is 2.79. The number of thiazole rings is 1. The fourth-order valence-corrected chi connectivity index (χ4v) is 2.86. The molecule has 0 saturated heterocycles. The molecule has 1 aromatic rings. The highest BCUT2D eigenvalue weighted by molar-refractivity contribution is 7.15. The normalized spacial score (nSPS) is 11.6. The van der Waals surface area contributed by atoms with Crippen molar-refractivity contribution in [2.75, 3.05) is 52.8 Å². The van der Waals surface area contributed by atoms with Crippen LogP contribution in [0.15, 0.2) is 0 Å². The van der Waals surface area contributed by atoms with Gasteiger partial charge >= 0.3 is 0 Å². The molecule has 0 fully saturated rings. The van der Waals surface area contributed by atoms with Crippen LogP contribution in [0.2, 0.25) is 0 Å². The van der Waals surface area contributed by atoms with Crippen LogP contribution in [0.1, 0.15) is 24.4 Å². The van der Waals surface area contributed by atoms with Crippen molar-refractivity contribution in [2.45, 2.75) is 27.0 Å². The van der Waals surface area contributed by atoms with Gasteiger partial charge in [0.25, 0.3) is 0 Å². The van der Waals surface area contributed by atoms with Gasteiger partial charge in [0.1, 0.15) is 0 Å². The zero-order valence-corrected chi connectivity index (χ0v) is 15.1. The third-order valence-electron chi connectivity index (χ3n) is 3.10. The van der Waals surface area contributed by atoms with Crippen LogP contribution in [-0.4, -0.2) is 57.8 Å². The summed E-state index contributed by atoms with van der Waals surface area (Å²) in [7, 11) is 8.00. The van der Waals surface area contributed by atoms with Crippen LogP contribution < -0.4 is 10.2 Å². The number of nitrogens with one attached hydrogen (secondary N) is 1. The minimum atomic E-state index is 0.580. The molecule has 21 heavy (non-hydrogen) atoms. The van der Waals surface area contributed by atoms with Crippen LogP contribution in [0.4, 0.5) is 5.13 Å². The predicted molar refractivity (Wildman–Crippen MR) is 91.2 cm³/mol. The van der Waals surface area contributed by atoms with Crippen LogP contribution in [-0.2, 0) is 17.9 Å². The molecule has 1 N–H and O–H groups in total. The Morgan fingerprint density at radius 1 is 1.24 bits per heavy atom. The average molecular weight is 314 g/mol. The molecule has 0 bridgehead atoms. The molecule has 5 nitrogen and oxygen atoms in total. The van der Waals surface area contributed by atoms with Gasteiger partial charge in [0, 0.05) is 38.7 Å². The molecule has 0 aliphatic carbocycles. The van der Waals surface area contributed by atoms with Gasteiger partial charge in [-0.25, -0.2) is 4.98 Å².